The van der Waals surface area contributed by atoms with Crippen molar-refractivity contribution < 1.29 is 18.7 Å². The zero-order chi connectivity index (χ0) is 22.2. The van der Waals surface area contributed by atoms with E-state index < -0.39 is 5.82 Å². The molecule has 2 bridgehead atoms. The van der Waals surface area contributed by atoms with Crippen LogP contribution in [0.5, 0.6) is 5.75 Å². The molecule has 5 nitrogen and oxygen atoms in total. The third-order valence-electron chi connectivity index (χ3n) is 6.72. The highest BCUT2D eigenvalue weighted by atomic mass is 35.5. The smallest absolute Gasteiger partial charge is 0.261 e. The minimum absolute atomic E-state index is 0.00710. The molecule has 0 spiro atoms. The predicted octanol–water partition coefficient (Wildman–Crippen LogP) is 4.87. The van der Waals surface area contributed by atoms with Crippen LogP contribution in [-0.2, 0) is 4.79 Å². The molecule has 1 heterocycles. The van der Waals surface area contributed by atoms with Gasteiger partial charge >= 0.3 is 0 Å². The number of nitrogens with one attached hydrogen (secondary N) is 2. The average molecular weight is 465 g/mol. The maximum atomic E-state index is 13.5. The van der Waals surface area contributed by atoms with Gasteiger partial charge in [0.25, 0.3) is 11.8 Å². The molecule has 1 aromatic heterocycles. The number of halogens is 2. The number of hydrogen-bond donors (Lipinski definition) is 2. The lowest BCUT2D eigenvalue weighted by molar-refractivity contribution is -0.128. The van der Waals surface area contributed by atoms with Crippen molar-refractivity contribution in [2.45, 2.75) is 57.0 Å². The van der Waals surface area contributed by atoms with Gasteiger partial charge < -0.3 is 15.4 Å². The van der Waals surface area contributed by atoms with Gasteiger partial charge in [-0.1, -0.05) is 18.5 Å². The standard InChI is InChI=1S/C23H26ClFN2O3S/c1-14-9-19(31-13-14)21(29)27-22-5-7-23(8-6-22,15(2)11-22)26-20(28)12-30-16-3-4-17(24)18(25)10-16/h3-4,9-10,13,15H,5-8,11-12H2,1-2H3,(H,26,28)(H,27,29). The molecular formula is C23H26ClFN2O3S. The second kappa shape index (κ2) is 8.43. The first-order valence-electron chi connectivity index (χ1n) is 10.5. The molecule has 2 amide bonds. The highest BCUT2D eigenvalue weighted by Crippen LogP contribution is 2.50. The first-order chi connectivity index (χ1) is 14.7. The van der Waals surface area contributed by atoms with Gasteiger partial charge in [-0.15, -0.1) is 11.3 Å². The van der Waals surface area contributed by atoms with Gasteiger partial charge in [0.1, 0.15) is 11.6 Å². The highest BCUT2D eigenvalue weighted by Gasteiger charge is 2.54. The molecule has 2 N–H and O–H groups in total. The van der Waals surface area contributed by atoms with Gasteiger partial charge in [-0.05, 0) is 74.1 Å². The molecule has 1 aromatic carbocycles. The number of ether oxygens (including phenoxy) is 1. The van der Waals surface area contributed by atoms with Gasteiger partial charge in [-0.3, -0.25) is 9.59 Å². The number of hydrogen-bond acceptors (Lipinski definition) is 4. The van der Waals surface area contributed by atoms with Crippen molar-refractivity contribution in [2.75, 3.05) is 6.61 Å². The topological polar surface area (TPSA) is 67.4 Å². The summed E-state index contributed by atoms with van der Waals surface area (Å²) in [4.78, 5) is 26.0. The molecule has 0 aliphatic heterocycles. The second-order valence-electron chi connectivity index (χ2n) is 8.90. The van der Waals surface area contributed by atoms with Crippen LogP contribution in [0.1, 0.15) is 54.3 Å². The number of carbonyl (C=O) groups excluding carboxylic acids is 2. The van der Waals surface area contributed by atoms with Gasteiger partial charge in [0.2, 0.25) is 0 Å². The van der Waals surface area contributed by atoms with Crippen molar-refractivity contribution in [3.05, 3.63) is 50.9 Å². The lowest BCUT2D eigenvalue weighted by atomic mass is 9.56. The Morgan fingerprint density at radius 1 is 1.23 bits per heavy atom. The van der Waals surface area contributed by atoms with Crippen molar-refractivity contribution >= 4 is 34.8 Å². The minimum atomic E-state index is -0.581. The van der Waals surface area contributed by atoms with E-state index in [9.17, 15) is 14.0 Å². The summed E-state index contributed by atoms with van der Waals surface area (Å²) in [6, 6.07) is 6.03. The summed E-state index contributed by atoms with van der Waals surface area (Å²) >= 11 is 7.14. The summed E-state index contributed by atoms with van der Waals surface area (Å²) in [7, 11) is 0. The number of benzene rings is 1. The number of thiophene rings is 1. The summed E-state index contributed by atoms with van der Waals surface area (Å²) in [5.41, 5.74) is 0.592. The fourth-order valence-corrected chi connectivity index (χ4v) is 5.87. The lowest BCUT2D eigenvalue weighted by Crippen LogP contribution is -2.67. The van der Waals surface area contributed by atoms with Crippen molar-refractivity contribution in [3.8, 4) is 5.75 Å². The molecule has 1 atom stereocenters. The molecular weight excluding hydrogens is 439 g/mol. The van der Waals surface area contributed by atoms with E-state index in [4.69, 9.17) is 16.3 Å². The van der Waals surface area contributed by atoms with Crippen molar-refractivity contribution in [1.82, 2.24) is 10.6 Å². The number of rotatable bonds is 6. The minimum Gasteiger partial charge on any atom is -0.484 e. The molecule has 166 valence electrons. The molecule has 3 fully saturated rings. The highest BCUT2D eigenvalue weighted by molar-refractivity contribution is 7.12. The van der Waals surface area contributed by atoms with Crippen LogP contribution >= 0.6 is 22.9 Å². The van der Waals surface area contributed by atoms with Crippen molar-refractivity contribution in [2.24, 2.45) is 5.92 Å². The average Bonchev–Trinajstić information content (AvgIpc) is 3.17. The third-order valence-corrected chi connectivity index (χ3v) is 8.08. The molecule has 8 heteroatoms. The fraction of sp³-hybridized carbons (Fsp3) is 0.478. The monoisotopic (exact) mass is 464 g/mol. The number of fused-ring (bicyclic) bond motifs is 3. The number of amides is 2. The largest absolute Gasteiger partial charge is 0.484 e. The van der Waals surface area contributed by atoms with Gasteiger partial charge in [0, 0.05) is 17.1 Å². The molecule has 3 aliphatic rings. The van der Waals surface area contributed by atoms with Crippen LogP contribution in [0.25, 0.3) is 0 Å². The lowest BCUT2D eigenvalue weighted by Gasteiger charge is -2.57. The number of carbonyl (C=O) groups is 2. The van der Waals surface area contributed by atoms with Crippen molar-refractivity contribution in [3.63, 3.8) is 0 Å². The second-order valence-corrected chi connectivity index (χ2v) is 10.2. The van der Waals surface area contributed by atoms with E-state index in [1.165, 1.54) is 29.5 Å². The van der Waals surface area contributed by atoms with E-state index >= 15 is 0 Å². The zero-order valence-electron chi connectivity index (χ0n) is 17.6. The molecule has 31 heavy (non-hydrogen) atoms. The molecule has 0 saturated heterocycles. The van der Waals surface area contributed by atoms with Gasteiger partial charge in [0.05, 0.1) is 9.90 Å². The van der Waals surface area contributed by atoms with Crippen LogP contribution in [0.3, 0.4) is 0 Å². The summed E-state index contributed by atoms with van der Waals surface area (Å²) in [5, 5.41) is 8.47. The van der Waals surface area contributed by atoms with E-state index in [-0.39, 0.29) is 46.2 Å². The van der Waals surface area contributed by atoms with E-state index in [0.29, 0.717) is 0 Å². The SMILES string of the molecule is Cc1csc(C(=O)NC23CCC(NC(=O)COc4ccc(Cl)c(F)c4)(CC2)C(C)C3)c1. The Morgan fingerprint density at radius 2 is 1.97 bits per heavy atom. The predicted molar refractivity (Wildman–Crippen MR) is 119 cm³/mol. The Hall–Kier alpha value is -2.12. The summed E-state index contributed by atoms with van der Waals surface area (Å²) in [6.45, 7) is 3.93. The van der Waals surface area contributed by atoms with Gasteiger partial charge in [-0.2, -0.15) is 0 Å². The van der Waals surface area contributed by atoms with E-state index in [1.54, 1.807) is 0 Å². The van der Waals surface area contributed by atoms with Crippen molar-refractivity contribution in [1.29, 1.82) is 0 Å². The molecule has 1 unspecified atom stereocenters. The van der Waals surface area contributed by atoms with E-state index in [0.717, 1.165) is 42.5 Å². The summed E-state index contributed by atoms with van der Waals surface area (Å²) in [5.74, 6) is -0.331. The zero-order valence-corrected chi connectivity index (χ0v) is 19.2. The quantitative estimate of drug-likeness (QED) is 0.641. The fourth-order valence-electron chi connectivity index (χ4n) is 4.96. The van der Waals surface area contributed by atoms with Crippen LogP contribution in [0.4, 0.5) is 4.39 Å². The van der Waals surface area contributed by atoms with Crippen LogP contribution < -0.4 is 15.4 Å². The molecule has 3 saturated carbocycles. The maximum Gasteiger partial charge on any atom is 0.261 e. The normalized spacial score (nSPS) is 27.0. The summed E-state index contributed by atoms with van der Waals surface area (Å²) in [6.07, 6.45) is 4.10. The Bertz CT molecular complexity index is 1000. The first-order valence-corrected chi connectivity index (χ1v) is 11.7. The van der Waals surface area contributed by atoms with E-state index in [1.807, 2.05) is 18.4 Å². The third kappa shape index (κ3) is 4.58. The number of aryl methyl sites for hydroxylation is 1. The van der Waals surface area contributed by atoms with Crippen LogP contribution in [0.15, 0.2) is 29.6 Å². The van der Waals surface area contributed by atoms with Crippen LogP contribution in [0.2, 0.25) is 5.02 Å². The van der Waals surface area contributed by atoms with Gasteiger partial charge in [0.15, 0.2) is 6.61 Å². The first kappa shape index (κ1) is 22.1. The Kier molecular flexibility index (Phi) is 6.01. The molecule has 0 radical (unpaired) electrons. The van der Waals surface area contributed by atoms with E-state index in [2.05, 4.69) is 17.6 Å². The van der Waals surface area contributed by atoms with Gasteiger partial charge in [-0.25, -0.2) is 4.39 Å². The van der Waals surface area contributed by atoms with Crippen LogP contribution in [0, 0.1) is 18.7 Å². The Morgan fingerprint density at radius 3 is 2.58 bits per heavy atom. The van der Waals surface area contributed by atoms with Crippen LogP contribution in [-0.4, -0.2) is 29.5 Å². The maximum absolute atomic E-state index is 13.5. The molecule has 5 rings (SSSR count). The summed E-state index contributed by atoms with van der Waals surface area (Å²) < 4.78 is 19.0. The molecule has 2 aromatic rings. The Balaban J connectivity index is 1.34. The Labute approximate surface area is 190 Å². The molecule has 3 aliphatic carbocycles.